The van der Waals surface area contributed by atoms with Gasteiger partial charge in [-0.15, -0.1) is 0 Å². The second kappa shape index (κ2) is 3.45. The second-order valence-electron chi connectivity index (χ2n) is 4.35. The number of nitrogens with zero attached hydrogens (tertiary/aromatic N) is 1. The number of hydrogen-bond acceptors (Lipinski definition) is 2. The molecule has 1 rings (SSSR count). The van der Waals surface area contributed by atoms with Gasteiger partial charge in [0.1, 0.15) is 5.54 Å². The van der Waals surface area contributed by atoms with Gasteiger partial charge in [-0.3, -0.25) is 0 Å². The summed E-state index contributed by atoms with van der Waals surface area (Å²) in [5.41, 5.74) is 5.35. The van der Waals surface area contributed by atoms with Gasteiger partial charge in [-0.05, 0) is 37.5 Å². The van der Waals surface area contributed by atoms with E-state index in [1.807, 2.05) is 0 Å². The zero-order chi connectivity index (χ0) is 9.19. The van der Waals surface area contributed by atoms with Crippen LogP contribution in [0, 0.1) is 23.2 Å². The van der Waals surface area contributed by atoms with Crippen molar-refractivity contribution in [2.75, 3.05) is 0 Å². The minimum Gasteiger partial charge on any atom is -0.313 e. The van der Waals surface area contributed by atoms with Crippen molar-refractivity contribution in [3.8, 4) is 6.07 Å². The van der Waals surface area contributed by atoms with E-state index in [9.17, 15) is 0 Å². The van der Waals surface area contributed by atoms with Crippen LogP contribution in [-0.2, 0) is 0 Å². The first kappa shape index (κ1) is 9.54. The van der Waals surface area contributed by atoms with E-state index >= 15 is 0 Å². The molecule has 1 aliphatic carbocycles. The van der Waals surface area contributed by atoms with Crippen LogP contribution in [0.1, 0.15) is 39.5 Å². The Morgan fingerprint density at radius 1 is 1.42 bits per heavy atom. The molecule has 0 saturated heterocycles. The number of hydrogen-bond donors (Lipinski definition) is 1. The summed E-state index contributed by atoms with van der Waals surface area (Å²) in [4.78, 5) is 0. The predicted octanol–water partition coefficient (Wildman–Crippen LogP) is 2.05. The monoisotopic (exact) mass is 166 g/mol. The lowest BCUT2D eigenvalue weighted by Crippen LogP contribution is -2.42. The van der Waals surface area contributed by atoms with Gasteiger partial charge < -0.3 is 5.73 Å². The molecule has 0 heterocycles. The quantitative estimate of drug-likeness (QED) is 0.648. The highest BCUT2D eigenvalue weighted by Crippen LogP contribution is 2.33. The van der Waals surface area contributed by atoms with Gasteiger partial charge in [0.2, 0.25) is 0 Å². The summed E-state index contributed by atoms with van der Waals surface area (Å²) in [5.74, 6) is 1.53. The van der Waals surface area contributed by atoms with Crippen LogP contribution in [-0.4, -0.2) is 5.54 Å². The maximum Gasteiger partial charge on any atom is 0.104 e. The highest BCUT2D eigenvalue weighted by molar-refractivity contribution is 5.06. The lowest BCUT2D eigenvalue weighted by atomic mass is 9.74. The Bertz CT molecular complexity index is 183. The van der Waals surface area contributed by atoms with Gasteiger partial charge >= 0.3 is 0 Å². The highest BCUT2D eigenvalue weighted by atomic mass is 14.7. The summed E-state index contributed by atoms with van der Waals surface area (Å²) in [6.45, 7) is 4.50. The maximum absolute atomic E-state index is 8.80. The van der Waals surface area contributed by atoms with Gasteiger partial charge in [-0.2, -0.15) is 5.26 Å². The molecule has 0 radical (unpaired) electrons. The first-order valence-electron chi connectivity index (χ1n) is 4.77. The Morgan fingerprint density at radius 2 is 1.92 bits per heavy atom. The molecule has 0 aromatic heterocycles. The fraction of sp³-hybridized carbons (Fsp3) is 0.900. The van der Waals surface area contributed by atoms with Crippen LogP contribution in [0.3, 0.4) is 0 Å². The predicted molar refractivity (Wildman–Crippen MR) is 49.3 cm³/mol. The smallest absolute Gasteiger partial charge is 0.104 e. The van der Waals surface area contributed by atoms with Gasteiger partial charge in [0, 0.05) is 0 Å². The van der Waals surface area contributed by atoms with Crippen molar-refractivity contribution in [3.05, 3.63) is 0 Å². The summed E-state index contributed by atoms with van der Waals surface area (Å²) in [6, 6.07) is 2.22. The summed E-state index contributed by atoms with van der Waals surface area (Å²) >= 11 is 0. The Kier molecular flexibility index (Phi) is 2.74. The van der Waals surface area contributed by atoms with Crippen molar-refractivity contribution < 1.29 is 0 Å². The first-order valence-corrected chi connectivity index (χ1v) is 4.77. The normalized spacial score (nSPS) is 36.4. The number of nitriles is 1. The average Bonchev–Trinajstić information content (AvgIpc) is 2.05. The van der Waals surface area contributed by atoms with E-state index in [0.717, 1.165) is 37.5 Å². The molecule has 2 nitrogen and oxygen atoms in total. The third-order valence-corrected chi connectivity index (χ3v) is 3.09. The largest absolute Gasteiger partial charge is 0.313 e. The Morgan fingerprint density at radius 3 is 2.25 bits per heavy atom. The minimum absolute atomic E-state index is 0.509. The lowest BCUT2D eigenvalue weighted by Gasteiger charge is -2.33. The lowest BCUT2D eigenvalue weighted by molar-refractivity contribution is 0.229. The summed E-state index contributed by atoms with van der Waals surface area (Å²) in [6.07, 6.45) is 4.02. The molecule has 0 aromatic carbocycles. The van der Waals surface area contributed by atoms with E-state index in [4.69, 9.17) is 11.0 Å². The van der Waals surface area contributed by atoms with Crippen LogP contribution >= 0.6 is 0 Å². The van der Waals surface area contributed by atoms with E-state index in [-0.39, 0.29) is 0 Å². The molecule has 1 fully saturated rings. The molecule has 2 heteroatoms. The molecule has 1 saturated carbocycles. The van der Waals surface area contributed by atoms with Gasteiger partial charge in [0.25, 0.3) is 0 Å². The number of nitrogens with two attached hydrogens (primary N) is 1. The maximum atomic E-state index is 8.80. The van der Waals surface area contributed by atoms with E-state index in [1.165, 1.54) is 0 Å². The highest BCUT2D eigenvalue weighted by Gasteiger charge is 2.32. The second-order valence-corrected chi connectivity index (χ2v) is 4.35. The van der Waals surface area contributed by atoms with E-state index in [0.29, 0.717) is 0 Å². The van der Waals surface area contributed by atoms with Gasteiger partial charge in [0.05, 0.1) is 6.07 Å². The van der Waals surface area contributed by atoms with Gasteiger partial charge in [0.15, 0.2) is 0 Å². The van der Waals surface area contributed by atoms with Gasteiger partial charge in [-0.25, -0.2) is 0 Å². The zero-order valence-corrected chi connectivity index (χ0v) is 8.01. The van der Waals surface area contributed by atoms with Gasteiger partial charge in [-0.1, -0.05) is 13.8 Å². The fourth-order valence-electron chi connectivity index (χ4n) is 1.93. The molecule has 0 aromatic rings. The van der Waals surface area contributed by atoms with Crippen LogP contribution in [0.4, 0.5) is 0 Å². The SMILES string of the molecule is CC(C)C1CCC(N)(C#N)CC1. The van der Waals surface area contributed by atoms with Crippen LogP contribution < -0.4 is 5.73 Å². The fourth-order valence-corrected chi connectivity index (χ4v) is 1.93. The van der Waals surface area contributed by atoms with Crippen LogP contribution in [0.2, 0.25) is 0 Å². The third kappa shape index (κ3) is 1.98. The molecule has 0 bridgehead atoms. The van der Waals surface area contributed by atoms with E-state index in [1.54, 1.807) is 0 Å². The third-order valence-electron chi connectivity index (χ3n) is 3.09. The van der Waals surface area contributed by atoms with E-state index in [2.05, 4.69) is 19.9 Å². The summed E-state index contributed by atoms with van der Waals surface area (Å²) in [5, 5.41) is 8.80. The molecule has 2 N–H and O–H groups in total. The molecule has 0 amide bonds. The molecule has 0 aliphatic heterocycles. The first-order chi connectivity index (χ1) is 5.57. The Labute approximate surface area is 74.8 Å². The Hall–Kier alpha value is -0.550. The average molecular weight is 166 g/mol. The standard InChI is InChI=1S/C10H18N2/c1-8(2)9-3-5-10(12,7-11)6-4-9/h8-9H,3-6,12H2,1-2H3. The van der Waals surface area contributed by atoms with Crippen LogP contribution in [0.5, 0.6) is 0 Å². The summed E-state index contributed by atoms with van der Waals surface area (Å²) in [7, 11) is 0. The van der Waals surface area contributed by atoms with Crippen molar-refractivity contribution in [1.82, 2.24) is 0 Å². The Balaban J connectivity index is 2.46. The minimum atomic E-state index is -0.509. The molecule has 0 spiro atoms. The zero-order valence-electron chi connectivity index (χ0n) is 8.01. The molecule has 12 heavy (non-hydrogen) atoms. The molecular formula is C10H18N2. The number of rotatable bonds is 1. The molecular weight excluding hydrogens is 148 g/mol. The topological polar surface area (TPSA) is 49.8 Å². The van der Waals surface area contributed by atoms with Crippen LogP contribution in [0.25, 0.3) is 0 Å². The van der Waals surface area contributed by atoms with E-state index < -0.39 is 5.54 Å². The van der Waals surface area contributed by atoms with Crippen molar-refractivity contribution >= 4 is 0 Å². The molecule has 0 atom stereocenters. The molecule has 68 valence electrons. The van der Waals surface area contributed by atoms with Crippen molar-refractivity contribution in [3.63, 3.8) is 0 Å². The molecule has 0 unspecified atom stereocenters. The van der Waals surface area contributed by atoms with Crippen molar-refractivity contribution in [2.45, 2.75) is 45.1 Å². The van der Waals surface area contributed by atoms with Crippen molar-refractivity contribution in [1.29, 1.82) is 5.26 Å². The van der Waals surface area contributed by atoms with Crippen LogP contribution in [0.15, 0.2) is 0 Å². The van der Waals surface area contributed by atoms with Crippen molar-refractivity contribution in [2.24, 2.45) is 17.6 Å². The molecule has 1 aliphatic rings. The summed E-state index contributed by atoms with van der Waals surface area (Å²) < 4.78 is 0.